The molecule has 1 heterocycles. The van der Waals surface area contributed by atoms with Crippen LogP contribution in [0.4, 0.5) is 10.5 Å². The molecule has 0 unspecified atom stereocenters. The molecular formula is C12H14N2O3S. The highest BCUT2D eigenvalue weighted by Crippen LogP contribution is 2.17. The van der Waals surface area contributed by atoms with Crippen LogP contribution in [0.25, 0.3) is 0 Å². The highest BCUT2D eigenvalue weighted by atomic mass is 32.2. The van der Waals surface area contributed by atoms with Gasteiger partial charge >= 0.3 is 6.09 Å². The fraction of sp³-hybridized carbons (Fsp3) is 0.333. The Labute approximate surface area is 110 Å². The first-order valence-electron chi connectivity index (χ1n) is 5.48. The van der Waals surface area contributed by atoms with E-state index in [2.05, 4.69) is 10.5 Å². The van der Waals surface area contributed by atoms with E-state index in [0.717, 1.165) is 16.8 Å². The lowest BCUT2D eigenvalue weighted by Gasteiger charge is -2.07. The van der Waals surface area contributed by atoms with Crippen molar-refractivity contribution in [2.45, 2.75) is 13.8 Å². The summed E-state index contributed by atoms with van der Waals surface area (Å²) in [6.07, 6.45) is -0.595. The number of anilines is 1. The smallest absolute Gasteiger partial charge is 0.363 e. The molecule has 0 bridgehead atoms. The van der Waals surface area contributed by atoms with Gasteiger partial charge in [-0.15, -0.1) is 0 Å². The lowest BCUT2D eigenvalue weighted by molar-refractivity contribution is 0.165. The molecule has 1 N–H and O–H groups in total. The van der Waals surface area contributed by atoms with Gasteiger partial charge in [-0.2, -0.15) is 0 Å². The molecule has 0 radical (unpaired) electrons. The van der Waals surface area contributed by atoms with E-state index in [4.69, 9.17) is 9.57 Å². The maximum absolute atomic E-state index is 11.5. The van der Waals surface area contributed by atoms with Gasteiger partial charge in [0, 0.05) is 5.69 Å². The Bertz CT molecular complexity index is 480. The van der Waals surface area contributed by atoms with E-state index in [1.807, 2.05) is 32.0 Å². The third-order valence-electron chi connectivity index (χ3n) is 2.38. The molecule has 1 aromatic carbocycles. The fourth-order valence-corrected chi connectivity index (χ4v) is 2.07. The minimum atomic E-state index is -0.595. The Hall–Kier alpha value is -1.53. The number of rotatable bonds is 2. The van der Waals surface area contributed by atoms with Crippen LogP contribution >= 0.6 is 11.8 Å². The third-order valence-corrected chi connectivity index (χ3v) is 3.19. The first-order chi connectivity index (χ1) is 8.65. The molecule has 1 aliphatic rings. The van der Waals surface area contributed by atoms with Gasteiger partial charge in [0.2, 0.25) is 0 Å². The van der Waals surface area contributed by atoms with E-state index in [9.17, 15) is 4.79 Å². The van der Waals surface area contributed by atoms with Gasteiger partial charge in [0.1, 0.15) is 5.04 Å². The fourth-order valence-electron chi connectivity index (χ4n) is 1.51. The quantitative estimate of drug-likeness (QED) is 0.660. The van der Waals surface area contributed by atoms with Crippen LogP contribution in [0.1, 0.15) is 11.1 Å². The first-order valence-corrected chi connectivity index (χ1v) is 6.46. The summed E-state index contributed by atoms with van der Waals surface area (Å²) >= 11 is 1.42. The number of oxime groups is 1. The zero-order valence-corrected chi connectivity index (χ0v) is 11.0. The highest BCUT2D eigenvalue weighted by Gasteiger charge is 2.11. The van der Waals surface area contributed by atoms with Crippen LogP contribution in [-0.2, 0) is 9.57 Å². The molecule has 5 nitrogen and oxygen atoms in total. The first kappa shape index (κ1) is 12.9. The lowest BCUT2D eigenvalue weighted by Crippen LogP contribution is -2.12. The van der Waals surface area contributed by atoms with E-state index in [-0.39, 0.29) is 0 Å². The van der Waals surface area contributed by atoms with Crippen molar-refractivity contribution in [3.63, 3.8) is 0 Å². The summed E-state index contributed by atoms with van der Waals surface area (Å²) in [6, 6.07) is 5.75. The molecule has 0 saturated carbocycles. The number of aryl methyl sites for hydroxylation is 2. The molecule has 96 valence electrons. The average molecular weight is 266 g/mol. The van der Waals surface area contributed by atoms with Crippen molar-refractivity contribution in [2.75, 3.05) is 17.9 Å². The van der Waals surface area contributed by atoms with Crippen LogP contribution in [0, 0.1) is 13.8 Å². The van der Waals surface area contributed by atoms with Gasteiger partial charge in [0.25, 0.3) is 0 Å². The summed E-state index contributed by atoms with van der Waals surface area (Å²) in [5, 5.41) is 7.02. The Kier molecular flexibility index (Phi) is 4.22. The van der Waals surface area contributed by atoms with E-state index < -0.39 is 6.09 Å². The van der Waals surface area contributed by atoms with Gasteiger partial charge in [0.15, 0.2) is 0 Å². The van der Waals surface area contributed by atoms with Crippen molar-refractivity contribution < 1.29 is 14.4 Å². The second-order valence-electron chi connectivity index (χ2n) is 3.92. The van der Waals surface area contributed by atoms with Gasteiger partial charge in [-0.25, -0.2) is 4.79 Å². The van der Waals surface area contributed by atoms with Gasteiger partial charge in [0.05, 0.1) is 12.5 Å². The summed E-state index contributed by atoms with van der Waals surface area (Å²) in [6.45, 7) is 4.33. The summed E-state index contributed by atoms with van der Waals surface area (Å²) < 4.78 is 5.06. The van der Waals surface area contributed by atoms with Gasteiger partial charge in [-0.05, 0) is 25.5 Å². The molecular weight excluding hydrogens is 252 g/mol. The largest absolute Gasteiger partial charge is 0.437 e. The van der Waals surface area contributed by atoms with E-state index in [0.29, 0.717) is 17.6 Å². The van der Waals surface area contributed by atoms with E-state index in [1.54, 1.807) is 0 Å². The number of amides is 1. The Balaban J connectivity index is 1.92. The molecule has 1 amide bonds. The maximum atomic E-state index is 11.5. The zero-order chi connectivity index (χ0) is 13.0. The Morgan fingerprint density at radius 2 is 2.33 bits per heavy atom. The molecule has 1 saturated heterocycles. The monoisotopic (exact) mass is 266 g/mol. The standard InChI is InChI=1S/C12H14N2O3S/c1-8-3-4-10(9(2)5-8)13-12(15)17-14-11-6-16-7-18-11/h3-5H,6-7H2,1-2H3,(H,13,15). The number of nitrogens with one attached hydrogen (secondary N) is 1. The third kappa shape index (κ3) is 3.48. The zero-order valence-electron chi connectivity index (χ0n) is 10.2. The van der Waals surface area contributed by atoms with Gasteiger partial charge in [-0.3, -0.25) is 10.2 Å². The molecule has 1 aromatic rings. The number of ether oxygens (including phenoxy) is 1. The highest BCUT2D eigenvalue weighted by molar-refractivity contribution is 8.14. The van der Waals surface area contributed by atoms with E-state index in [1.165, 1.54) is 11.8 Å². The SMILES string of the molecule is Cc1ccc(NC(=O)ON=C2COCS2)c(C)c1. The molecule has 0 atom stereocenters. The molecule has 18 heavy (non-hydrogen) atoms. The molecule has 1 fully saturated rings. The number of nitrogens with zero attached hydrogens (tertiary/aromatic N) is 1. The summed E-state index contributed by atoms with van der Waals surface area (Å²) in [5.74, 6) is 0.556. The van der Waals surface area contributed by atoms with Crippen LogP contribution in [0.5, 0.6) is 0 Å². The second-order valence-corrected chi connectivity index (χ2v) is 4.91. The summed E-state index contributed by atoms with van der Waals surface area (Å²) in [7, 11) is 0. The number of hydrogen-bond acceptors (Lipinski definition) is 5. The molecule has 1 aliphatic heterocycles. The van der Waals surface area contributed by atoms with Crippen molar-refractivity contribution >= 4 is 28.6 Å². The molecule has 0 aromatic heterocycles. The number of thioether (sulfide) groups is 1. The number of carbonyl (C=O) groups excluding carboxylic acids is 1. The van der Waals surface area contributed by atoms with Crippen molar-refractivity contribution in [1.29, 1.82) is 0 Å². The van der Waals surface area contributed by atoms with Crippen LogP contribution in [0.15, 0.2) is 23.4 Å². The number of hydrogen-bond donors (Lipinski definition) is 1. The van der Waals surface area contributed by atoms with E-state index >= 15 is 0 Å². The molecule has 0 spiro atoms. The van der Waals surface area contributed by atoms with Crippen molar-refractivity contribution in [3.05, 3.63) is 29.3 Å². The van der Waals surface area contributed by atoms with Crippen LogP contribution in [-0.4, -0.2) is 23.7 Å². The Morgan fingerprint density at radius 1 is 1.50 bits per heavy atom. The topological polar surface area (TPSA) is 59.9 Å². The Morgan fingerprint density at radius 3 is 3.00 bits per heavy atom. The predicted molar refractivity (Wildman–Crippen MR) is 71.9 cm³/mol. The van der Waals surface area contributed by atoms with Gasteiger partial charge in [-0.1, -0.05) is 34.6 Å². The molecule has 0 aliphatic carbocycles. The van der Waals surface area contributed by atoms with Gasteiger partial charge < -0.3 is 4.74 Å². The van der Waals surface area contributed by atoms with Crippen molar-refractivity contribution in [2.24, 2.45) is 5.16 Å². The van der Waals surface area contributed by atoms with Crippen LogP contribution in [0.2, 0.25) is 0 Å². The van der Waals surface area contributed by atoms with Crippen LogP contribution < -0.4 is 5.32 Å². The number of carbonyl (C=O) groups is 1. The molecule has 2 rings (SSSR count). The maximum Gasteiger partial charge on any atom is 0.437 e. The average Bonchev–Trinajstić information content (AvgIpc) is 2.83. The van der Waals surface area contributed by atoms with Crippen LogP contribution in [0.3, 0.4) is 0 Å². The normalized spacial score (nSPS) is 16.9. The summed E-state index contributed by atoms with van der Waals surface area (Å²) in [5.41, 5.74) is 2.85. The predicted octanol–water partition coefficient (Wildman–Crippen LogP) is 2.89. The summed E-state index contributed by atoms with van der Waals surface area (Å²) in [4.78, 5) is 16.3. The lowest BCUT2D eigenvalue weighted by atomic mass is 10.1. The number of benzene rings is 1. The van der Waals surface area contributed by atoms with Crippen molar-refractivity contribution in [1.82, 2.24) is 0 Å². The second kappa shape index (κ2) is 5.88. The molecule has 6 heteroatoms. The van der Waals surface area contributed by atoms with Crippen molar-refractivity contribution in [3.8, 4) is 0 Å². The minimum absolute atomic E-state index is 0.404. The minimum Gasteiger partial charge on any atom is -0.363 e.